The minimum atomic E-state index is -0.429. The fourth-order valence-corrected chi connectivity index (χ4v) is 1.16. The molecule has 0 spiro atoms. The number of hydrogen-bond donors (Lipinski definition) is 0. The smallest absolute Gasteiger partial charge is 0.258 e. The van der Waals surface area contributed by atoms with Gasteiger partial charge in [-0.2, -0.15) is 0 Å². The van der Waals surface area contributed by atoms with Crippen LogP contribution in [-0.4, -0.2) is 9.91 Å². The Balaban J connectivity index is 3.23. The average molecular weight is 264 g/mol. The fraction of sp³-hybridized carbons (Fsp3) is 0.167. The van der Waals surface area contributed by atoms with E-state index in [2.05, 4.69) is 4.98 Å². The molecule has 1 aromatic heterocycles. The van der Waals surface area contributed by atoms with E-state index in [-0.39, 0.29) is 5.69 Å². The number of rotatable bonds is 1. The lowest BCUT2D eigenvalue weighted by Crippen LogP contribution is -1.94. The van der Waals surface area contributed by atoms with Crippen LogP contribution in [0.15, 0.2) is 12.3 Å². The molecule has 0 N–H and O–H groups in total. The molecular weight excluding hydrogens is 259 g/mol. The number of hydrogen-bond acceptors (Lipinski definition) is 3. The van der Waals surface area contributed by atoms with Crippen molar-refractivity contribution in [1.29, 1.82) is 0 Å². The Morgan fingerprint density at radius 1 is 1.73 bits per heavy atom. The number of halogens is 1. The molecule has 1 heterocycles. The molecule has 0 saturated heterocycles. The molecule has 4 nitrogen and oxygen atoms in total. The first-order chi connectivity index (χ1) is 5.11. The van der Waals surface area contributed by atoms with E-state index in [0.717, 1.165) is 5.56 Å². The van der Waals surface area contributed by atoms with E-state index >= 15 is 0 Å². The number of aryl methyl sites for hydroxylation is 1. The third kappa shape index (κ3) is 1.86. The third-order valence-corrected chi connectivity index (χ3v) is 1.99. The van der Waals surface area contributed by atoms with Crippen molar-refractivity contribution in [2.24, 2.45) is 0 Å². The van der Waals surface area contributed by atoms with Crippen LogP contribution in [0.4, 0.5) is 5.69 Å². The lowest BCUT2D eigenvalue weighted by Gasteiger charge is -1.94. The van der Waals surface area contributed by atoms with Crippen molar-refractivity contribution in [1.82, 2.24) is 4.98 Å². The van der Waals surface area contributed by atoms with Gasteiger partial charge in [0.2, 0.25) is 0 Å². The largest absolute Gasteiger partial charge is 0.301 e. The molecule has 1 aromatic rings. The van der Waals surface area contributed by atoms with Crippen molar-refractivity contribution < 1.29 is 4.92 Å². The first-order valence-electron chi connectivity index (χ1n) is 2.88. The van der Waals surface area contributed by atoms with Crippen molar-refractivity contribution in [3.05, 3.63) is 31.6 Å². The van der Waals surface area contributed by atoms with Crippen molar-refractivity contribution in [2.45, 2.75) is 6.92 Å². The van der Waals surface area contributed by atoms with Gasteiger partial charge in [-0.05, 0) is 35.1 Å². The maximum atomic E-state index is 10.3. The number of pyridine rings is 1. The van der Waals surface area contributed by atoms with Crippen molar-refractivity contribution in [3.63, 3.8) is 0 Å². The highest BCUT2D eigenvalue weighted by Crippen LogP contribution is 2.18. The zero-order chi connectivity index (χ0) is 8.43. The minimum Gasteiger partial charge on any atom is -0.258 e. The van der Waals surface area contributed by atoms with Crippen LogP contribution >= 0.6 is 22.6 Å². The minimum absolute atomic E-state index is 0.0746. The molecule has 0 saturated carbocycles. The van der Waals surface area contributed by atoms with Crippen molar-refractivity contribution in [2.75, 3.05) is 0 Å². The standard InChI is InChI=1S/C6H5IN2O2/c1-4-2-5(9(10)11)6(7)8-3-4/h2-3H,1H3. The highest BCUT2D eigenvalue weighted by molar-refractivity contribution is 14.1. The van der Waals surface area contributed by atoms with Gasteiger partial charge in [0.25, 0.3) is 0 Å². The SMILES string of the molecule is Cc1cnc(I)c([N+](=O)[O-])c1. The van der Waals surface area contributed by atoms with Gasteiger partial charge in [0.15, 0.2) is 3.70 Å². The summed E-state index contributed by atoms with van der Waals surface area (Å²) in [4.78, 5) is 13.8. The molecule has 0 unspecified atom stereocenters. The first-order valence-corrected chi connectivity index (χ1v) is 3.95. The summed E-state index contributed by atoms with van der Waals surface area (Å²) in [5.74, 6) is 0. The van der Waals surface area contributed by atoms with Crippen LogP contribution in [0.3, 0.4) is 0 Å². The Morgan fingerprint density at radius 2 is 2.36 bits per heavy atom. The van der Waals surface area contributed by atoms with Crippen molar-refractivity contribution in [3.8, 4) is 0 Å². The summed E-state index contributed by atoms with van der Waals surface area (Å²) < 4.78 is 0.429. The number of nitro groups is 1. The van der Waals surface area contributed by atoms with Crippen LogP contribution in [0.25, 0.3) is 0 Å². The zero-order valence-corrected chi connectivity index (χ0v) is 7.90. The third-order valence-electron chi connectivity index (χ3n) is 1.15. The second-order valence-electron chi connectivity index (χ2n) is 2.08. The van der Waals surface area contributed by atoms with Gasteiger partial charge in [0.1, 0.15) is 0 Å². The Hall–Kier alpha value is -0.720. The van der Waals surface area contributed by atoms with Crippen molar-refractivity contribution >= 4 is 28.3 Å². The van der Waals surface area contributed by atoms with Gasteiger partial charge >= 0.3 is 5.69 Å². The number of aromatic nitrogens is 1. The van der Waals surface area contributed by atoms with Crippen LogP contribution < -0.4 is 0 Å². The molecule has 0 aliphatic heterocycles. The van der Waals surface area contributed by atoms with E-state index in [4.69, 9.17) is 0 Å². The van der Waals surface area contributed by atoms with E-state index < -0.39 is 4.92 Å². The molecule has 0 aliphatic rings. The highest BCUT2D eigenvalue weighted by atomic mass is 127. The summed E-state index contributed by atoms with van der Waals surface area (Å²) in [6.07, 6.45) is 1.61. The van der Waals surface area contributed by atoms with Gasteiger partial charge < -0.3 is 0 Å². The number of nitrogens with zero attached hydrogens (tertiary/aromatic N) is 2. The lowest BCUT2D eigenvalue weighted by atomic mass is 10.3. The summed E-state index contributed by atoms with van der Waals surface area (Å²) in [5.41, 5.74) is 0.878. The molecule has 0 bridgehead atoms. The van der Waals surface area contributed by atoms with Crippen LogP contribution in [0, 0.1) is 20.7 Å². The van der Waals surface area contributed by atoms with E-state index in [1.165, 1.54) is 6.07 Å². The quantitative estimate of drug-likeness (QED) is 0.337. The Morgan fingerprint density at radius 3 is 2.82 bits per heavy atom. The first kappa shape index (κ1) is 8.38. The lowest BCUT2D eigenvalue weighted by molar-refractivity contribution is -0.386. The molecule has 0 fully saturated rings. The summed E-state index contributed by atoms with van der Waals surface area (Å²) in [6.45, 7) is 1.77. The van der Waals surface area contributed by atoms with E-state index in [9.17, 15) is 10.1 Å². The fourth-order valence-electron chi connectivity index (χ4n) is 0.665. The van der Waals surface area contributed by atoms with Gasteiger partial charge in [-0.1, -0.05) is 0 Å². The molecule has 0 atom stereocenters. The molecule has 0 aliphatic carbocycles. The monoisotopic (exact) mass is 264 g/mol. The average Bonchev–Trinajstić information content (AvgIpc) is 1.94. The summed E-state index contributed by atoms with van der Waals surface area (Å²) in [5, 5.41) is 10.3. The maximum absolute atomic E-state index is 10.3. The molecular formula is C6H5IN2O2. The van der Waals surface area contributed by atoms with Gasteiger partial charge in [-0.3, -0.25) is 10.1 Å². The normalized spacial score (nSPS) is 9.64. The summed E-state index contributed by atoms with van der Waals surface area (Å²) >= 11 is 1.84. The van der Waals surface area contributed by atoms with E-state index in [1.54, 1.807) is 13.1 Å². The molecule has 1 rings (SSSR count). The van der Waals surface area contributed by atoms with Crippen LogP contribution in [0.1, 0.15) is 5.56 Å². The van der Waals surface area contributed by atoms with Gasteiger partial charge in [0, 0.05) is 12.3 Å². The van der Waals surface area contributed by atoms with Gasteiger partial charge in [-0.25, -0.2) is 4.98 Å². The Bertz CT molecular complexity index is 301. The Labute approximate surface area is 76.9 Å². The van der Waals surface area contributed by atoms with Gasteiger partial charge in [0.05, 0.1) is 4.92 Å². The molecule has 0 aromatic carbocycles. The predicted molar refractivity (Wildman–Crippen MR) is 48.3 cm³/mol. The van der Waals surface area contributed by atoms with Gasteiger partial charge in [-0.15, -0.1) is 0 Å². The molecule has 0 amide bonds. The van der Waals surface area contributed by atoms with Crippen LogP contribution in [-0.2, 0) is 0 Å². The second kappa shape index (κ2) is 3.12. The maximum Gasteiger partial charge on any atom is 0.301 e. The topological polar surface area (TPSA) is 56.0 Å². The van der Waals surface area contributed by atoms with Crippen LogP contribution in [0.2, 0.25) is 0 Å². The molecule has 58 valence electrons. The van der Waals surface area contributed by atoms with Crippen LogP contribution in [0.5, 0.6) is 0 Å². The molecule has 0 radical (unpaired) electrons. The Kier molecular flexibility index (Phi) is 2.38. The molecule has 11 heavy (non-hydrogen) atoms. The zero-order valence-electron chi connectivity index (χ0n) is 5.74. The highest BCUT2D eigenvalue weighted by Gasteiger charge is 2.11. The van der Waals surface area contributed by atoms with E-state index in [1.807, 2.05) is 22.6 Å². The predicted octanol–water partition coefficient (Wildman–Crippen LogP) is 1.90. The molecule has 5 heteroatoms. The van der Waals surface area contributed by atoms with E-state index in [0.29, 0.717) is 3.70 Å². The summed E-state index contributed by atoms with van der Waals surface area (Å²) in [7, 11) is 0. The summed E-state index contributed by atoms with van der Waals surface area (Å²) in [6, 6.07) is 1.51. The second-order valence-corrected chi connectivity index (χ2v) is 3.10.